The van der Waals surface area contributed by atoms with E-state index < -0.39 is 16.6 Å². The Kier molecular flexibility index (Phi) is 7.28. The topological polar surface area (TPSA) is 108 Å². The zero-order chi connectivity index (χ0) is 23.4. The molecule has 2 N–H and O–H groups in total. The third-order valence-corrected chi connectivity index (χ3v) is 4.80. The molecule has 0 saturated carbocycles. The molecule has 1 amide bonds. The Morgan fingerprint density at radius 1 is 1.13 bits per heavy atom. The van der Waals surface area contributed by atoms with E-state index in [-0.39, 0.29) is 29.1 Å². The number of carbonyl (C=O) groups is 1. The number of nitro benzene ring substituents is 1. The molecule has 0 radical (unpaired) electrons. The summed E-state index contributed by atoms with van der Waals surface area (Å²) >= 11 is 0. The number of ether oxygens (including phenoxy) is 2. The summed E-state index contributed by atoms with van der Waals surface area (Å²) in [6, 6.07) is 12.4. The summed E-state index contributed by atoms with van der Waals surface area (Å²) in [7, 11) is 1.43. The summed E-state index contributed by atoms with van der Waals surface area (Å²) in [4.78, 5) is 24.8. The molecule has 0 atom stereocenters. The molecule has 0 spiro atoms. The van der Waals surface area contributed by atoms with Crippen LogP contribution >= 0.6 is 0 Å². The molecule has 0 fully saturated rings. The Bertz CT molecular complexity index is 950. The number of benzene rings is 2. The van der Waals surface area contributed by atoms with Crippen molar-refractivity contribution in [1.82, 2.24) is 0 Å². The molecule has 0 bridgehead atoms. The van der Waals surface area contributed by atoms with Gasteiger partial charge in [0.1, 0.15) is 17.9 Å². The minimum absolute atomic E-state index is 0.0707. The molecule has 168 valence electrons. The van der Waals surface area contributed by atoms with Crippen molar-refractivity contribution in [3.05, 3.63) is 63.7 Å². The molecule has 0 aliphatic rings. The third kappa shape index (κ3) is 6.18. The van der Waals surface area contributed by atoms with Gasteiger partial charge in [-0.2, -0.15) is 0 Å². The summed E-state index contributed by atoms with van der Waals surface area (Å²) in [5.41, 5.74) is 6.66. The van der Waals surface area contributed by atoms with E-state index in [4.69, 9.17) is 15.2 Å². The van der Waals surface area contributed by atoms with Gasteiger partial charge in [0.25, 0.3) is 0 Å². The van der Waals surface area contributed by atoms with E-state index in [9.17, 15) is 14.9 Å². The number of nitro groups is 1. The van der Waals surface area contributed by atoms with Gasteiger partial charge in [0, 0.05) is 19.0 Å². The number of anilines is 1. The molecule has 0 saturated heterocycles. The quantitative estimate of drug-likeness (QED) is 0.501. The van der Waals surface area contributed by atoms with Gasteiger partial charge in [-0.1, -0.05) is 44.2 Å². The standard InChI is InChI=1S/C23H31N3O5/c1-22(2,3)31-21(27)25(6)18-11-8-12-19(20(18)26(28)29)30-14-16-9-7-10-17(13-16)23(4,5)15-24/h7-13H,14-15,24H2,1-6H3. The number of hydrogen-bond acceptors (Lipinski definition) is 6. The normalized spacial score (nSPS) is 11.7. The number of carbonyl (C=O) groups excluding carboxylic acids is 1. The average Bonchev–Trinajstić information content (AvgIpc) is 2.70. The highest BCUT2D eigenvalue weighted by molar-refractivity contribution is 5.91. The second kappa shape index (κ2) is 9.34. The van der Waals surface area contributed by atoms with E-state index in [1.165, 1.54) is 19.2 Å². The summed E-state index contributed by atoms with van der Waals surface area (Å²) in [5.74, 6) is 0.0707. The molecular weight excluding hydrogens is 398 g/mol. The lowest BCUT2D eigenvalue weighted by Crippen LogP contribution is -2.34. The van der Waals surface area contributed by atoms with Crippen LogP contribution in [0.15, 0.2) is 42.5 Å². The average molecular weight is 430 g/mol. The molecule has 2 rings (SSSR count). The van der Waals surface area contributed by atoms with Crippen molar-refractivity contribution in [1.29, 1.82) is 0 Å². The van der Waals surface area contributed by atoms with Crippen molar-refractivity contribution in [3.63, 3.8) is 0 Å². The molecule has 0 aromatic heterocycles. The van der Waals surface area contributed by atoms with Crippen LogP contribution in [0.2, 0.25) is 0 Å². The van der Waals surface area contributed by atoms with E-state index in [1.54, 1.807) is 26.8 Å². The number of nitrogens with two attached hydrogens (primary N) is 1. The Hall–Kier alpha value is -3.13. The van der Waals surface area contributed by atoms with Gasteiger partial charge in [0.15, 0.2) is 5.75 Å². The van der Waals surface area contributed by atoms with Crippen molar-refractivity contribution in [3.8, 4) is 5.75 Å². The number of hydrogen-bond donors (Lipinski definition) is 1. The Morgan fingerprint density at radius 3 is 2.35 bits per heavy atom. The first-order chi connectivity index (χ1) is 14.4. The molecule has 8 heteroatoms. The van der Waals surface area contributed by atoms with Crippen LogP contribution in [0.1, 0.15) is 45.7 Å². The molecule has 2 aromatic rings. The van der Waals surface area contributed by atoms with Gasteiger partial charge < -0.3 is 15.2 Å². The highest BCUT2D eigenvalue weighted by Crippen LogP contribution is 2.37. The van der Waals surface area contributed by atoms with E-state index in [2.05, 4.69) is 0 Å². The summed E-state index contributed by atoms with van der Waals surface area (Å²) < 4.78 is 11.1. The van der Waals surface area contributed by atoms with E-state index in [0.29, 0.717) is 6.54 Å². The maximum absolute atomic E-state index is 12.4. The molecule has 0 heterocycles. The van der Waals surface area contributed by atoms with Gasteiger partial charge in [-0.25, -0.2) is 4.79 Å². The highest BCUT2D eigenvalue weighted by atomic mass is 16.6. The smallest absolute Gasteiger partial charge is 0.414 e. The molecular formula is C23H31N3O5. The molecule has 8 nitrogen and oxygen atoms in total. The van der Waals surface area contributed by atoms with Crippen LogP contribution in [0.25, 0.3) is 0 Å². The van der Waals surface area contributed by atoms with Crippen molar-refractivity contribution in [2.45, 2.75) is 52.2 Å². The zero-order valence-corrected chi connectivity index (χ0v) is 19.0. The maximum atomic E-state index is 12.4. The fourth-order valence-corrected chi connectivity index (χ4v) is 2.87. The second-order valence-corrected chi connectivity index (χ2v) is 9.00. The van der Waals surface area contributed by atoms with Crippen LogP contribution in [-0.2, 0) is 16.8 Å². The first-order valence-electron chi connectivity index (χ1n) is 10.0. The largest absolute Gasteiger partial charge is 0.482 e. The molecule has 0 aliphatic carbocycles. The molecule has 0 aliphatic heterocycles. The van der Waals surface area contributed by atoms with E-state index in [0.717, 1.165) is 16.0 Å². The van der Waals surface area contributed by atoms with Gasteiger partial charge in [-0.3, -0.25) is 15.0 Å². The van der Waals surface area contributed by atoms with Crippen LogP contribution in [0, 0.1) is 10.1 Å². The van der Waals surface area contributed by atoms with Crippen molar-refractivity contribution >= 4 is 17.5 Å². The van der Waals surface area contributed by atoms with Crippen molar-refractivity contribution in [2.75, 3.05) is 18.5 Å². The lowest BCUT2D eigenvalue weighted by molar-refractivity contribution is -0.385. The first-order valence-corrected chi connectivity index (χ1v) is 10.0. The van der Waals surface area contributed by atoms with Crippen LogP contribution in [-0.4, -0.2) is 30.2 Å². The summed E-state index contributed by atoms with van der Waals surface area (Å²) in [5, 5.41) is 11.8. The van der Waals surface area contributed by atoms with Crippen LogP contribution in [0.4, 0.5) is 16.2 Å². The SMILES string of the molecule is CN(C(=O)OC(C)(C)C)c1cccc(OCc2cccc(C(C)(C)CN)c2)c1[N+](=O)[O-]. The maximum Gasteiger partial charge on any atom is 0.414 e. The Balaban J connectivity index is 2.31. The number of nitrogens with zero attached hydrogens (tertiary/aromatic N) is 2. The fourth-order valence-electron chi connectivity index (χ4n) is 2.87. The fraction of sp³-hybridized carbons (Fsp3) is 0.435. The monoisotopic (exact) mass is 429 g/mol. The van der Waals surface area contributed by atoms with Gasteiger partial charge in [-0.05, 0) is 44.0 Å². The predicted molar refractivity (Wildman–Crippen MR) is 121 cm³/mol. The lowest BCUT2D eigenvalue weighted by atomic mass is 9.84. The number of amides is 1. The zero-order valence-electron chi connectivity index (χ0n) is 19.0. The predicted octanol–water partition coefficient (Wildman–Crippen LogP) is 4.78. The minimum Gasteiger partial charge on any atom is -0.482 e. The number of para-hydroxylation sites is 1. The highest BCUT2D eigenvalue weighted by Gasteiger charge is 2.29. The van der Waals surface area contributed by atoms with E-state index >= 15 is 0 Å². The number of rotatable bonds is 7. The molecule has 31 heavy (non-hydrogen) atoms. The van der Waals surface area contributed by atoms with Gasteiger partial charge in [0.2, 0.25) is 0 Å². The lowest BCUT2D eigenvalue weighted by Gasteiger charge is -2.25. The first kappa shape index (κ1) is 24.1. The Labute approximate surface area is 183 Å². The van der Waals surface area contributed by atoms with Crippen LogP contribution in [0.3, 0.4) is 0 Å². The third-order valence-electron chi connectivity index (χ3n) is 4.80. The van der Waals surface area contributed by atoms with Crippen molar-refractivity contribution in [2.24, 2.45) is 5.73 Å². The van der Waals surface area contributed by atoms with Gasteiger partial charge in [0.05, 0.1) is 4.92 Å². The summed E-state index contributed by atoms with van der Waals surface area (Å²) in [6.07, 6.45) is -0.690. The van der Waals surface area contributed by atoms with Gasteiger partial charge >= 0.3 is 11.8 Å². The Morgan fingerprint density at radius 2 is 1.77 bits per heavy atom. The second-order valence-electron chi connectivity index (χ2n) is 9.00. The van der Waals surface area contributed by atoms with Crippen LogP contribution < -0.4 is 15.4 Å². The van der Waals surface area contributed by atoms with Crippen molar-refractivity contribution < 1.29 is 19.2 Å². The van der Waals surface area contributed by atoms with Crippen LogP contribution in [0.5, 0.6) is 5.75 Å². The minimum atomic E-state index is -0.726. The molecule has 0 unspecified atom stereocenters. The van der Waals surface area contributed by atoms with Gasteiger partial charge in [-0.15, -0.1) is 0 Å². The molecule has 2 aromatic carbocycles. The summed E-state index contributed by atoms with van der Waals surface area (Å²) in [6.45, 7) is 9.91. The van der Waals surface area contributed by atoms with E-state index in [1.807, 2.05) is 38.1 Å².